The van der Waals surface area contributed by atoms with Crippen molar-refractivity contribution >= 4 is 0 Å². The summed E-state index contributed by atoms with van der Waals surface area (Å²) in [6.45, 7) is 8.00. The Morgan fingerprint density at radius 3 is 2.53 bits per heavy atom. The number of nitrogens with zero attached hydrogens (tertiary/aromatic N) is 1. The Morgan fingerprint density at radius 1 is 1.29 bits per heavy atom. The first-order valence-corrected chi connectivity index (χ1v) is 6.06. The minimum absolute atomic E-state index is 0.676. The Kier molecular flexibility index (Phi) is 5.97. The molecule has 0 aliphatic rings. The molecule has 0 spiro atoms. The molecule has 0 saturated carbocycles. The van der Waals surface area contributed by atoms with E-state index in [2.05, 4.69) is 30.2 Å². The van der Waals surface area contributed by atoms with Crippen molar-refractivity contribution in [2.24, 2.45) is 5.84 Å². The van der Waals surface area contributed by atoms with E-state index in [4.69, 9.17) is 10.6 Å². The number of hydrogen-bond acceptors (Lipinski definition) is 4. The topological polar surface area (TPSA) is 50.5 Å². The maximum Gasteiger partial charge on any atom is 0.123 e. The number of nitrogens with two attached hydrogens (primary N) is 1. The lowest BCUT2D eigenvalue weighted by molar-refractivity contribution is 0.289. The summed E-state index contributed by atoms with van der Waals surface area (Å²) in [5, 5.41) is 0. The zero-order valence-electron chi connectivity index (χ0n) is 11.0. The first-order chi connectivity index (χ1) is 8.24. The number of ether oxygens (including phenoxy) is 1. The van der Waals surface area contributed by atoms with Crippen LogP contribution in [-0.4, -0.2) is 25.1 Å². The first kappa shape index (κ1) is 14.0. The molecule has 0 unspecified atom stereocenters. The van der Waals surface area contributed by atoms with Crippen LogP contribution in [0.4, 0.5) is 0 Å². The maximum atomic E-state index is 5.39. The third kappa shape index (κ3) is 4.00. The first-order valence-electron chi connectivity index (χ1n) is 6.06. The molecule has 0 heterocycles. The van der Waals surface area contributed by atoms with Gasteiger partial charge in [-0.15, -0.1) is 0 Å². The molecule has 4 nitrogen and oxygen atoms in total. The van der Waals surface area contributed by atoms with Crippen LogP contribution in [0.3, 0.4) is 0 Å². The fraction of sp³-hybridized carbons (Fsp3) is 0.538. The van der Waals surface area contributed by atoms with Crippen molar-refractivity contribution < 1.29 is 4.74 Å². The SMILES string of the molecule is CCN(CC)Cc1cc(CNN)ccc1OC. The Balaban J connectivity index is 2.88. The molecule has 0 aliphatic carbocycles. The van der Waals surface area contributed by atoms with Crippen LogP contribution in [0, 0.1) is 0 Å². The van der Waals surface area contributed by atoms with Crippen molar-refractivity contribution in [1.29, 1.82) is 0 Å². The third-order valence-electron chi connectivity index (χ3n) is 2.94. The van der Waals surface area contributed by atoms with Gasteiger partial charge in [0, 0.05) is 18.7 Å². The van der Waals surface area contributed by atoms with Crippen LogP contribution < -0.4 is 16.0 Å². The molecular formula is C13H23N3O. The molecule has 0 aromatic heterocycles. The maximum absolute atomic E-state index is 5.39. The summed E-state index contributed by atoms with van der Waals surface area (Å²) < 4.78 is 5.39. The minimum atomic E-state index is 0.676. The van der Waals surface area contributed by atoms with Gasteiger partial charge in [0.2, 0.25) is 0 Å². The standard InChI is InChI=1S/C13H23N3O/c1-4-16(5-2)10-12-8-11(9-15-14)6-7-13(12)17-3/h6-8,15H,4-5,9-10,14H2,1-3H3. The molecule has 96 valence electrons. The molecule has 0 atom stereocenters. The Hall–Kier alpha value is -1.10. The van der Waals surface area contributed by atoms with Crippen LogP contribution in [0.2, 0.25) is 0 Å². The summed E-state index contributed by atoms with van der Waals surface area (Å²) in [6.07, 6.45) is 0. The second-order valence-electron chi connectivity index (χ2n) is 3.99. The van der Waals surface area contributed by atoms with E-state index in [0.29, 0.717) is 6.54 Å². The average Bonchev–Trinajstić information content (AvgIpc) is 2.36. The third-order valence-corrected chi connectivity index (χ3v) is 2.94. The summed E-state index contributed by atoms with van der Waals surface area (Å²) in [4.78, 5) is 2.36. The molecule has 17 heavy (non-hydrogen) atoms. The van der Waals surface area contributed by atoms with Gasteiger partial charge in [-0.25, -0.2) is 0 Å². The highest BCUT2D eigenvalue weighted by Crippen LogP contribution is 2.21. The van der Waals surface area contributed by atoms with Gasteiger partial charge in [0.1, 0.15) is 5.75 Å². The molecule has 4 heteroatoms. The summed E-state index contributed by atoms with van der Waals surface area (Å²) in [6, 6.07) is 6.19. The normalized spacial score (nSPS) is 10.9. The molecule has 0 radical (unpaired) electrons. The summed E-state index contributed by atoms with van der Waals surface area (Å²) >= 11 is 0. The summed E-state index contributed by atoms with van der Waals surface area (Å²) in [5.74, 6) is 6.29. The highest BCUT2D eigenvalue weighted by Gasteiger charge is 2.08. The minimum Gasteiger partial charge on any atom is -0.496 e. The average molecular weight is 237 g/mol. The highest BCUT2D eigenvalue weighted by molar-refractivity contribution is 5.37. The summed E-state index contributed by atoms with van der Waals surface area (Å²) in [7, 11) is 1.71. The number of hydrogen-bond donors (Lipinski definition) is 2. The molecular weight excluding hydrogens is 214 g/mol. The van der Waals surface area contributed by atoms with Crippen LogP contribution in [0.5, 0.6) is 5.75 Å². The lowest BCUT2D eigenvalue weighted by Crippen LogP contribution is -2.23. The second kappa shape index (κ2) is 7.27. The van der Waals surface area contributed by atoms with Crippen LogP contribution in [0.25, 0.3) is 0 Å². The van der Waals surface area contributed by atoms with Gasteiger partial charge in [-0.1, -0.05) is 19.9 Å². The molecule has 1 rings (SSSR count). The number of nitrogens with one attached hydrogen (secondary N) is 1. The Labute approximate surface area is 104 Å². The fourth-order valence-electron chi connectivity index (χ4n) is 1.87. The number of methoxy groups -OCH3 is 1. The van der Waals surface area contributed by atoms with Crippen molar-refractivity contribution in [3.63, 3.8) is 0 Å². The van der Waals surface area contributed by atoms with Gasteiger partial charge in [0.05, 0.1) is 7.11 Å². The predicted molar refractivity (Wildman–Crippen MR) is 70.6 cm³/mol. The molecule has 0 amide bonds. The Bertz CT molecular complexity index is 337. The van der Waals surface area contributed by atoms with Crippen LogP contribution in [0.15, 0.2) is 18.2 Å². The van der Waals surface area contributed by atoms with Gasteiger partial charge in [0.15, 0.2) is 0 Å². The van der Waals surface area contributed by atoms with E-state index >= 15 is 0 Å². The quantitative estimate of drug-likeness (QED) is 0.557. The second-order valence-corrected chi connectivity index (χ2v) is 3.99. The number of rotatable bonds is 7. The summed E-state index contributed by atoms with van der Waals surface area (Å²) in [5.41, 5.74) is 5.06. The van der Waals surface area contributed by atoms with Crippen LogP contribution in [0.1, 0.15) is 25.0 Å². The smallest absolute Gasteiger partial charge is 0.123 e. The van der Waals surface area contributed by atoms with Crippen LogP contribution >= 0.6 is 0 Å². The van der Waals surface area contributed by atoms with Crippen LogP contribution in [-0.2, 0) is 13.1 Å². The molecule has 0 bridgehead atoms. The molecule has 3 N–H and O–H groups in total. The van der Waals surface area contributed by atoms with Gasteiger partial charge in [-0.05, 0) is 30.8 Å². The molecule has 1 aromatic carbocycles. The van der Waals surface area contributed by atoms with E-state index in [-0.39, 0.29) is 0 Å². The predicted octanol–water partition coefficient (Wildman–Crippen LogP) is 1.50. The van der Waals surface area contributed by atoms with Crippen molar-refractivity contribution in [3.8, 4) is 5.75 Å². The molecule has 1 aromatic rings. The monoisotopic (exact) mass is 237 g/mol. The molecule has 0 fully saturated rings. The van der Waals surface area contributed by atoms with Crippen molar-refractivity contribution in [3.05, 3.63) is 29.3 Å². The largest absolute Gasteiger partial charge is 0.496 e. The highest BCUT2D eigenvalue weighted by atomic mass is 16.5. The van der Waals surface area contributed by atoms with Crippen molar-refractivity contribution in [1.82, 2.24) is 10.3 Å². The van der Waals surface area contributed by atoms with Gasteiger partial charge < -0.3 is 4.74 Å². The molecule has 0 saturated heterocycles. The van der Waals surface area contributed by atoms with E-state index in [1.165, 1.54) is 11.1 Å². The van der Waals surface area contributed by atoms with Gasteiger partial charge in [-0.3, -0.25) is 16.2 Å². The van der Waals surface area contributed by atoms with Gasteiger partial charge in [-0.2, -0.15) is 0 Å². The number of hydrazine groups is 1. The van der Waals surface area contributed by atoms with Crippen molar-refractivity contribution in [2.45, 2.75) is 26.9 Å². The van der Waals surface area contributed by atoms with Gasteiger partial charge in [0.25, 0.3) is 0 Å². The van der Waals surface area contributed by atoms with E-state index in [0.717, 1.165) is 25.4 Å². The van der Waals surface area contributed by atoms with E-state index < -0.39 is 0 Å². The van der Waals surface area contributed by atoms with Crippen molar-refractivity contribution in [2.75, 3.05) is 20.2 Å². The van der Waals surface area contributed by atoms with E-state index in [1.54, 1.807) is 7.11 Å². The lowest BCUT2D eigenvalue weighted by atomic mass is 10.1. The molecule has 0 aliphatic heterocycles. The number of benzene rings is 1. The van der Waals surface area contributed by atoms with Gasteiger partial charge >= 0.3 is 0 Å². The van der Waals surface area contributed by atoms with E-state index in [1.807, 2.05) is 12.1 Å². The fourth-order valence-corrected chi connectivity index (χ4v) is 1.87. The Morgan fingerprint density at radius 2 is 2.00 bits per heavy atom. The van der Waals surface area contributed by atoms with E-state index in [9.17, 15) is 0 Å². The lowest BCUT2D eigenvalue weighted by Gasteiger charge is -2.20. The zero-order valence-corrected chi connectivity index (χ0v) is 11.0. The zero-order chi connectivity index (χ0) is 12.7.